The summed E-state index contributed by atoms with van der Waals surface area (Å²) < 4.78 is 38.9. The van der Waals surface area contributed by atoms with Gasteiger partial charge in [-0.25, -0.2) is 4.98 Å². The van der Waals surface area contributed by atoms with Crippen molar-refractivity contribution in [2.75, 3.05) is 0 Å². The zero-order valence-corrected chi connectivity index (χ0v) is 11.6. The number of hydrogen-bond acceptors (Lipinski definition) is 3. The summed E-state index contributed by atoms with van der Waals surface area (Å²) in [7, 11) is 0. The van der Waals surface area contributed by atoms with Gasteiger partial charge in [-0.3, -0.25) is 0 Å². The average molecular weight is 293 g/mol. The monoisotopic (exact) mass is 293 g/mol. The quantitative estimate of drug-likeness (QED) is 0.921. The van der Waals surface area contributed by atoms with Gasteiger partial charge >= 0.3 is 6.18 Å². The number of thiazole rings is 1. The molecule has 6 heteroatoms. The molecule has 2 rings (SSSR count). The van der Waals surface area contributed by atoms with Crippen molar-refractivity contribution in [3.63, 3.8) is 0 Å². The van der Waals surface area contributed by atoms with Crippen LogP contribution in [-0.2, 0) is 6.42 Å². The largest absolute Gasteiger partial charge is 0.392 e. The highest BCUT2D eigenvalue weighted by Crippen LogP contribution is 2.43. The van der Waals surface area contributed by atoms with E-state index in [1.807, 2.05) is 12.3 Å². The first kappa shape index (κ1) is 14.8. The number of aliphatic hydroxyl groups excluding tert-OH is 1. The first-order chi connectivity index (χ1) is 8.88. The summed E-state index contributed by atoms with van der Waals surface area (Å²) in [6.07, 6.45) is -2.95. The molecule has 1 aliphatic carbocycles. The molecular weight excluding hydrogens is 275 g/mol. The number of aromatic nitrogens is 1. The van der Waals surface area contributed by atoms with Crippen molar-refractivity contribution in [2.24, 2.45) is 11.8 Å². The van der Waals surface area contributed by atoms with Gasteiger partial charge < -0.3 is 5.11 Å². The Hall–Kier alpha value is -0.620. The lowest BCUT2D eigenvalue weighted by atomic mass is 9.75. The molecule has 0 spiro atoms. The van der Waals surface area contributed by atoms with Crippen molar-refractivity contribution in [3.05, 3.63) is 16.1 Å². The molecule has 2 nitrogen and oxygen atoms in total. The maximum Gasteiger partial charge on any atom is 0.392 e. The number of aliphatic hydroxyl groups is 1. The van der Waals surface area contributed by atoms with E-state index in [0.717, 1.165) is 17.1 Å². The van der Waals surface area contributed by atoms with Crippen LogP contribution in [0.4, 0.5) is 13.2 Å². The van der Waals surface area contributed by atoms with E-state index in [9.17, 15) is 18.3 Å². The molecule has 0 amide bonds. The molecule has 1 N–H and O–H groups in total. The Bertz CT molecular complexity index is 418. The minimum atomic E-state index is -4.20. The third kappa shape index (κ3) is 3.69. The van der Waals surface area contributed by atoms with Gasteiger partial charge in [0.15, 0.2) is 0 Å². The lowest BCUT2D eigenvalue weighted by Crippen LogP contribution is -2.40. The fraction of sp³-hybridized carbons (Fsp3) is 0.769. The minimum Gasteiger partial charge on any atom is -0.392 e. The van der Waals surface area contributed by atoms with Crippen molar-refractivity contribution < 1.29 is 18.3 Å². The fourth-order valence-corrected chi connectivity index (χ4v) is 3.68. The van der Waals surface area contributed by atoms with E-state index < -0.39 is 24.1 Å². The smallest absolute Gasteiger partial charge is 0.392 e. The van der Waals surface area contributed by atoms with Gasteiger partial charge in [-0.15, -0.1) is 11.3 Å². The van der Waals surface area contributed by atoms with Crippen LogP contribution in [0.1, 0.15) is 36.4 Å². The molecule has 0 aliphatic heterocycles. The maximum absolute atomic E-state index is 13.0. The standard InChI is InChI=1S/C13H18F3NOS/c1-8-7-19-12(17-8)6-11(18)9-4-2-3-5-10(9)13(14,15)16/h7,9-11,18H,2-6H2,1H3. The molecule has 1 heterocycles. The van der Waals surface area contributed by atoms with Crippen molar-refractivity contribution in [1.82, 2.24) is 4.98 Å². The van der Waals surface area contributed by atoms with E-state index in [1.54, 1.807) is 0 Å². The molecule has 1 aliphatic rings. The Morgan fingerprint density at radius 2 is 2.11 bits per heavy atom. The maximum atomic E-state index is 13.0. The summed E-state index contributed by atoms with van der Waals surface area (Å²) in [5.74, 6) is -2.05. The predicted octanol–water partition coefficient (Wildman–Crippen LogP) is 3.72. The van der Waals surface area contributed by atoms with Gasteiger partial charge in [-0.2, -0.15) is 13.2 Å². The summed E-state index contributed by atoms with van der Waals surface area (Å²) in [6, 6.07) is 0. The summed E-state index contributed by atoms with van der Waals surface area (Å²) in [6.45, 7) is 1.84. The summed E-state index contributed by atoms with van der Waals surface area (Å²) in [5, 5.41) is 12.7. The van der Waals surface area contributed by atoms with Gasteiger partial charge in [-0.05, 0) is 25.7 Å². The van der Waals surface area contributed by atoms with E-state index in [4.69, 9.17) is 0 Å². The van der Waals surface area contributed by atoms with Gasteiger partial charge in [-0.1, -0.05) is 12.8 Å². The Balaban J connectivity index is 2.05. The van der Waals surface area contributed by atoms with E-state index in [-0.39, 0.29) is 12.8 Å². The third-order valence-electron chi connectivity index (χ3n) is 3.78. The molecule has 1 saturated carbocycles. The van der Waals surface area contributed by atoms with Crippen molar-refractivity contribution in [1.29, 1.82) is 0 Å². The lowest BCUT2D eigenvalue weighted by molar-refractivity contribution is -0.206. The van der Waals surface area contributed by atoms with E-state index >= 15 is 0 Å². The zero-order chi connectivity index (χ0) is 14.0. The lowest BCUT2D eigenvalue weighted by Gasteiger charge is -2.35. The summed E-state index contributed by atoms with van der Waals surface area (Å²) in [4.78, 5) is 4.21. The van der Waals surface area contributed by atoms with Gasteiger partial charge in [0.05, 0.1) is 17.0 Å². The molecule has 0 saturated heterocycles. The Morgan fingerprint density at radius 1 is 1.42 bits per heavy atom. The van der Waals surface area contributed by atoms with Crippen LogP contribution in [-0.4, -0.2) is 22.4 Å². The highest BCUT2D eigenvalue weighted by atomic mass is 32.1. The number of hydrogen-bond donors (Lipinski definition) is 1. The van der Waals surface area contributed by atoms with Crippen LogP contribution < -0.4 is 0 Å². The SMILES string of the molecule is Cc1csc(CC(O)C2CCCCC2C(F)(F)F)n1. The molecule has 19 heavy (non-hydrogen) atoms. The molecular formula is C13H18F3NOS. The summed E-state index contributed by atoms with van der Waals surface area (Å²) >= 11 is 1.40. The molecule has 0 aromatic carbocycles. The number of alkyl halides is 3. The number of aryl methyl sites for hydroxylation is 1. The number of nitrogens with zero attached hydrogens (tertiary/aromatic N) is 1. The Kier molecular flexibility index (Phi) is 4.50. The normalized spacial score (nSPS) is 26.4. The van der Waals surface area contributed by atoms with Crippen LogP contribution in [0.5, 0.6) is 0 Å². The molecule has 1 aromatic heterocycles. The van der Waals surface area contributed by atoms with E-state index in [2.05, 4.69) is 4.98 Å². The van der Waals surface area contributed by atoms with Gasteiger partial charge in [0.25, 0.3) is 0 Å². The second-order valence-corrected chi connectivity index (χ2v) is 6.19. The van der Waals surface area contributed by atoms with Gasteiger partial charge in [0.1, 0.15) is 0 Å². The summed E-state index contributed by atoms with van der Waals surface area (Å²) in [5.41, 5.74) is 0.850. The fourth-order valence-electron chi connectivity index (χ4n) is 2.85. The molecule has 3 atom stereocenters. The first-order valence-corrected chi connectivity index (χ1v) is 7.41. The van der Waals surface area contributed by atoms with Crippen LogP contribution in [0.3, 0.4) is 0 Å². The van der Waals surface area contributed by atoms with Crippen LogP contribution in [0.2, 0.25) is 0 Å². The van der Waals surface area contributed by atoms with Gasteiger partial charge in [0, 0.05) is 17.5 Å². The molecule has 0 radical (unpaired) electrons. The molecule has 108 valence electrons. The number of halogens is 3. The highest BCUT2D eigenvalue weighted by molar-refractivity contribution is 7.09. The Morgan fingerprint density at radius 3 is 2.68 bits per heavy atom. The van der Waals surface area contributed by atoms with Gasteiger partial charge in [0.2, 0.25) is 0 Å². The van der Waals surface area contributed by atoms with Crippen LogP contribution >= 0.6 is 11.3 Å². The van der Waals surface area contributed by atoms with Crippen LogP contribution in [0, 0.1) is 18.8 Å². The van der Waals surface area contributed by atoms with Crippen LogP contribution in [0.15, 0.2) is 5.38 Å². The van der Waals surface area contributed by atoms with Crippen molar-refractivity contribution in [3.8, 4) is 0 Å². The highest BCUT2D eigenvalue weighted by Gasteiger charge is 2.47. The minimum absolute atomic E-state index is 0.141. The third-order valence-corrected chi connectivity index (χ3v) is 4.77. The molecule has 0 bridgehead atoms. The van der Waals surface area contributed by atoms with E-state index in [1.165, 1.54) is 11.3 Å². The molecule has 1 aromatic rings. The topological polar surface area (TPSA) is 33.1 Å². The van der Waals surface area contributed by atoms with E-state index in [0.29, 0.717) is 12.8 Å². The second kappa shape index (κ2) is 5.79. The molecule has 3 unspecified atom stereocenters. The predicted molar refractivity (Wildman–Crippen MR) is 68.1 cm³/mol. The number of rotatable bonds is 3. The second-order valence-electron chi connectivity index (χ2n) is 5.25. The average Bonchev–Trinajstić information content (AvgIpc) is 2.73. The molecule has 1 fully saturated rings. The Labute approximate surface area is 114 Å². The zero-order valence-electron chi connectivity index (χ0n) is 10.8. The van der Waals surface area contributed by atoms with Crippen molar-refractivity contribution in [2.45, 2.75) is 51.3 Å². The first-order valence-electron chi connectivity index (χ1n) is 6.53. The van der Waals surface area contributed by atoms with Crippen LogP contribution in [0.25, 0.3) is 0 Å². The van der Waals surface area contributed by atoms with Crippen molar-refractivity contribution >= 4 is 11.3 Å².